The van der Waals surface area contributed by atoms with E-state index < -0.39 is 0 Å². The summed E-state index contributed by atoms with van der Waals surface area (Å²) >= 11 is 0. The molecule has 1 fully saturated rings. The van der Waals surface area contributed by atoms with Crippen LogP contribution in [0.1, 0.15) is 44.2 Å². The fourth-order valence-corrected chi connectivity index (χ4v) is 2.82. The van der Waals surface area contributed by atoms with E-state index in [2.05, 4.69) is 15.6 Å². The number of carbonyl (C=O) groups is 1. The van der Waals surface area contributed by atoms with E-state index >= 15 is 0 Å². The first-order valence-electron chi connectivity index (χ1n) is 7.89. The summed E-state index contributed by atoms with van der Waals surface area (Å²) in [7, 11) is 0. The van der Waals surface area contributed by atoms with Gasteiger partial charge in [0.05, 0.1) is 5.69 Å². The number of nitrogens with two attached hydrogens (primary N) is 1. The summed E-state index contributed by atoms with van der Waals surface area (Å²) in [5, 5.41) is 6.13. The molecular formula is C16H26N4O. The molecule has 0 aromatic carbocycles. The molecule has 5 nitrogen and oxygen atoms in total. The normalized spacial score (nSPS) is 15.7. The van der Waals surface area contributed by atoms with E-state index in [1.807, 2.05) is 19.1 Å². The molecule has 1 aliphatic rings. The predicted molar refractivity (Wildman–Crippen MR) is 86.1 cm³/mol. The highest BCUT2D eigenvalue weighted by Gasteiger charge is 2.16. The molecule has 0 bridgehead atoms. The maximum absolute atomic E-state index is 11.9. The molecule has 0 spiro atoms. The highest BCUT2D eigenvalue weighted by molar-refractivity contribution is 5.76. The van der Waals surface area contributed by atoms with Gasteiger partial charge in [-0.3, -0.25) is 4.79 Å². The Morgan fingerprint density at radius 1 is 1.29 bits per heavy atom. The summed E-state index contributed by atoms with van der Waals surface area (Å²) in [6.07, 6.45) is 6.96. The molecule has 0 saturated heterocycles. The Labute approximate surface area is 126 Å². The maximum Gasteiger partial charge on any atom is 0.220 e. The quantitative estimate of drug-likeness (QED) is 0.703. The highest BCUT2D eigenvalue weighted by Crippen LogP contribution is 2.25. The van der Waals surface area contributed by atoms with Crippen molar-refractivity contribution in [3.8, 4) is 0 Å². The monoisotopic (exact) mass is 290 g/mol. The number of anilines is 2. The number of nitrogens with zero attached hydrogens (tertiary/aromatic N) is 1. The Hall–Kier alpha value is -1.78. The van der Waals surface area contributed by atoms with Crippen LogP contribution >= 0.6 is 0 Å². The lowest BCUT2D eigenvalue weighted by Gasteiger charge is -2.20. The van der Waals surface area contributed by atoms with Crippen LogP contribution in [0.25, 0.3) is 0 Å². The van der Waals surface area contributed by atoms with E-state index in [4.69, 9.17) is 5.73 Å². The summed E-state index contributed by atoms with van der Waals surface area (Å²) in [5.41, 5.74) is 7.40. The van der Waals surface area contributed by atoms with Gasteiger partial charge in [-0.15, -0.1) is 0 Å². The van der Waals surface area contributed by atoms with E-state index in [1.54, 1.807) is 0 Å². The number of hydrogen-bond acceptors (Lipinski definition) is 4. The van der Waals surface area contributed by atoms with E-state index in [-0.39, 0.29) is 5.91 Å². The van der Waals surface area contributed by atoms with Gasteiger partial charge in [0.2, 0.25) is 5.91 Å². The molecule has 0 unspecified atom stereocenters. The smallest absolute Gasteiger partial charge is 0.220 e. The summed E-state index contributed by atoms with van der Waals surface area (Å²) in [6.45, 7) is 3.16. The summed E-state index contributed by atoms with van der Waals surface area (Å²) in [4.78, 5) is 16.2. The summed E-state index contributed by atoms with van der Waals surface area (Å²) < 4.78 is 0. The molecule has 4 N–H and O–H groups in total. The third kappa shape index (κ3) is 5.25. The first kappa shape index (κ1) is 15.6. The number of hydrogen-bond donors (Lipinski definition) is 3. The Morgan fingerprint density at radius 2 is 2.05 bits per heavy atom. The van der Waals surface area contributed by atoms with Gasteiger partial charge in [-0.25, -0.2) is 4.98 Å². The van der Waals surface area contributed by atoms with E-state index in [1.165, 1.54) is 32.1 Å². The molecule has 1 heterocycles. The second-order valence-corrected chi connectivity index (χ2v) is 5.88. The molecule has 1 aromatic rings. The molecule has 1 saturated carbocycles. The number of aromatic nitrogens is 1. The van der Waals surface area contributed by atoms with Crippen LogP contribution in [-0.2, 0) is 4.79 Å². The van der Waals surface area contributed by atoms with Crippen molar-refractivity contribution in [1.29, 1.82) is 0 Å². The predicted octanol–water partition coefficient (Wildman–Crippen LogP) is 2.47. The zero-order valence-electron chi connectivity index (χ0n) is 12.8. The number of nitrogens with one attached hydrogen (secondary N) is 2. The van der Waals surface area contributed by atoms with Gasteiger partial charge < -0.3 is 16.4 Å². The maximum atomic E-state index is 11.9. The van der Waals surface area contributed by atoms with Crippen LogP contribution < -0.4 is 16.4 Å². The second-order valence-electron chi connectivity index (χ2n) is 5.88. The minimum Gasteiger partial charge on any atom is -0.396 e. The molecule has 0 radical (unpaired) electrons. The van der Waals surface area contributed by atoms with E-state index in [9.17, 15) is 4.79 Å². The Bertz CT molecular complexity index is 469. The fraction of sp³-hybridized carbons (Fsp3) is 0.625. The minimum atomic E-state index is 0.161. The largest absolute Gasteiger partial charge is 0.396 e. The average Bonchev–Trinajstić information content (AvgIpc) is 2.48. The molecule has 21 heavy (non-hydrogen) atoms. The molecule has 1 amide bonds. The van der Waals surface area contributed by atoms with Crippen molar-refractivity contribution < 1.29 is 4.79 Å². The fourth-order valence-electron chi connectivity index (χ4n) is 2.82. The average molecular weight is 290 g/mol. The van der Waals surface area contributed by atoms with Crippen molar-refractivity contribution in [1.82, 2.24) is 10.3 Å². The van der Waals surface area contributed by atoms with Gasteiger partial charge in [0.15, 0.2) is 0 Å². The summed E-state index contributed by atoms with van der Waals surface area (Å²) in [6, 6.07) is 3.72. The van der Waals surface area contributed by atoms with Crippen molar-refractivity contribution >= 4 is 17.4 Å². The molecule has 0 aliphatic heterocycles. The van der Waals surface area contributed by atoms with Crippen LogP contribution in [0.5, 0.6) is 0 Å². The van der Waals surface area contributed by atoms with Gasteiger partial charge in [-0.2, -0.15) is 0 Å². The molecule has 0 atom stereocenters. The van der Waals surface area contributed by atoms with Crippen LogP contribution in [0.15, 0.2) is 12.1 Å². The highest BCUT2D eigenvalue weighted by atomic mass is 16.1. The van der Waals surface area contributed by atoms with Crippen molar-refractivity contribution in [3.05, 3.63) is 17.8 Å². The zero-order valence-corrected chi connectivity index (χ0v) is 12.8. The van der Waals surface area contributed by atoms with Crippen molar-refractivity contribution in [3.63, 3.8) is 0 Å². The van der Waals surface area contributed by atoms with Crippen LogP contribution in [0.4, 0.5) is 11.5 Å². The van der Waals surface area contributed by atoms with Gasteiger partial charge in [0.25, 0.3) is 0 Å². The standard InChI is InChI=1S/C16H26N4O/c1-12-7-8-14(17)16(20-12)19-10-9-18-15(21)11-13-5-3-2-4-6-13/h7-8,13H,2-6,9-11,17H2,1H3,(H,18,21)(H,19,20). The lowest BCUT2D eigenvalue weighted by atomic mass is 9.87. The molecule has 116 valence electrons. The number of rotatable bonds is 6. The molecule has 1 aliphatic carbocycles. The van der Waals surface area contributed by atoms with Crippen molar-refractivity contribution in [2.24, 2.45) is 5.92 Å². The zero-order chi connectivity index (χ0) is 15.1. The molecule has 2 rings (SSSR count). The number of aryl methyl sites for hydroxylation is 1. The summed E-state index contributed by atoms with van der Waals surface area (Å²) in [5.74, 6) is 1.44. The van der Waals surface area contributed by atoms with Crippen LogP contribution in [0.2, 0.25) is 0 Å². The number of amides is 1. The van der Waals surface area contributed by atoms with E-state index in [0.717, 1.165) is 5.69 Å². The third-order valence-electron chi connectivity index (χ3n) is 4.00. The first-order chi connectivity index (χ1) is 10.1. The van der Waals surface area contributed by atoms with Gasteiger partial charge in [0.1, 0.15) is 5.82 Å². The van der Waals surface area contributed by atoms with Gasteiger partial charge >= 0.3 is 0 Å². The first-order valence-corrected chi connectivity index (χ1v) is 7.89. The van der Waals surface area contributed by atoms with Crippen LogP contribution in [-0.4, -0.2) is 24.0 Å². The topological polar surface area (TPSA) is 80.0 Å². The van der Waals surface area contributed by atoms with Crippen LogP contribution in [0.3, 0.4) is 0 Å². The SMILES string of the molecule is Cc1ccc(N)c(NCCNC(=O)CC2CCCCC2)n1. The number of nitrogen functional groups attached to an aromatic ring is 1. The van der Waals surface area contributed by atoms with Gasteiger partial charge in [0, 0.05) is 25.2 Å². The second kappa shape index (κ2) is 7.86. The Kier molecular flexibility index (Phi) is 5.84. The molecule has 5 heteroatoms. The number of pyridine rings is 1. The number of carbonyl (C=O) groups excluding carboxylic acids is 1. The lowest BCUT2D eigenvalue weighted by Crippen LogP contribution is -2.30. The Morgan fingerprint density at radius 3 is 2.81 bits per heavy atom. The molecular weight excluding hydrogens is 264 g/mol. The third-order valence-corrected chi connectivity index (χ3v) is 4.00. The lowest BCUT2D eigenvalue weighted by molar-refractivity contribution is -0.122. The Balaban J connectivity index is 1.64. The van der Waals surface area contributed by atoms with Gasteiger partial charge in [-0.05, 0) is 37.8 Å². The van der Waals surface area contributed by atoms with Gasteiger partial charge in [-0.1, -0.05) is 19.3 Å². The van der Waals surface area contributed by atoms with Crippen molar-refractivity contribution in [2.75, 3.05) is 24.1 Å². The van der Waals surface area contributed by atoms with Crippen molar-refractivity contribution in [2.45, 2.75) is 45.4 Å². The minimum absolute atomic E-state index is 0.161. The molecule has 1 aromatic heterocycles. The van der Waals surface area contributed by atoms with Crippen LogP contribution in [0, 0.1) is 12.8 Å². The van der Waals surface area contributed by atoms with E-state index in [0.29, 0.717) is 36.9 Å².